The number of carbonyl (C=O) groups excluding carboxylic acids is 1. The highest BCUT2D eigenvalue weighted by Gasteiger charge is 2.21. The number of benzene rings is 2. The summed E-state index contributed by atoms with van der Waals surface area (Å²) >= 11 is 1.98. The monoisotopic (exact) mass is 397 g/mol. The van der Waals surface area contributed by atoms with Crippen LogP contribution >= 0.6 is 11.8 Å². The Kier molecular flexibility index (Phi) is 7.12. The van der Waals surface area contributed by atoms with Crippen molar-refractivity contribution in [2.45, 2.75) is 37.6 Å². The zero-order chi connectivity index (χ0) is 19.9. The van der Waals surface area contributed by atoms with Crippen LogP contribution in [0.4, 0.5) is 0 Å². The first kappa shape index (κ1) is 20.4. The maximum atomic E-state index is 11.2. The molecule has 1 aliphatic rings. The van der Waals surface area contributed by atoms with Gasteiger partial charge in [-0.25, -0.2) is 4.99 Å². The molecule has 0 saturated heterocycles. The van der Waals surface area contributed by atoms with Gasteiger partial charge in [0.1, 0.15) is 0 Å². The molecule has 2 aromatic rings. The van der Waals surface area contributed by atoms with Crippen molar-refractivity contribution >= 4 is 23.6 Å². The zero-order valence-corrected chi connectivity index (χ0v) is 17.2. The molecular formula is C22H27N3O2S. The molecule has 3 rings (SSSR count). The predicted octanol–water partition coefficient (Wildman–Crippen LogP) is 3.95. The second-order valence-corrected chi connectivity index (χ2v) is 7.98. The van der Waals surface area contributed by atoms with E-state index in [0.717, 1.165) is 23.5 Å². The van der Waals surface area contributed by atoms with E-state index in [4.69, 9.17) is 10.6 Å². The van der Waals surface area contributed by atoms with Gasteiger partial charge in [0.05, 0.1) is 6.54 Å². The number of hydrogen-bond donors (Lipinski definition) is 2. The smallest absolute Gasteiger partial charge is 0.248 e. The van der Waals surface area contributed by atoms with E-state index >= 15 is 0 Å². The number of nitrogens with zero attached hydrogens (tertiary/aromatic N) is 1. The fourth-order valence-electron chi connectivity index (χ4n) is 2.86. The number of aryl methyl sites for hydroxylation is 1. The number of hydroxylamine groups is 1. The highest BCUT2D eigenvalue weighted by molar-refractivity contribution is 7.99. The topological polar surface area (TPSA) is 76.7 Å². The van der Waals surface area contributed by atoms with Gasteiger partial charge in [-0.2, -0.15) is 5.48 Å². The van der Waals surface area contributed by atoms with Gasteiger partial charge in [0.15, 0.2) is 0 Å². The summed E-state index contributed by atoms with van der Waals surface area (Å²) in [5.74, 6) is 2.17. The number of amides is 1. The number of aliphatic imine (C=N–C) groups is 1. The first-order valence-electron chi connectivity index (χ1n) is 9.63. The lowest BCUT2D eigenvalue weighted by molar-refractivity contribution is 0.1000. The zero-order valence-electron chi connectivity index (χ0n) is 16.4. The number of thioether (sulfide) groups is 1. The Bertz CT molecular complexity index is 845. The molecule has 1 fully saturated rings. The summed E-state index contributed by atoms with van der Waals surface area (Å²) < 4.78 is 0. The second-order valence-electron chi connectivity index (χ2n) is 6.92. The van der Waals surface area contributed by atoms with Crippen LogP contribution in [0.2, 0.25) is 0 Å². The van der Waals surface area contributed by atoms with Crippen molar-refractivity contribution in [2.24, 2.45) is 16.6 Å². The predicted molar refractivity (Wildman–Crippen MR) is 115 cm³/mol. The summed E-state index contributed by atoms with van der Waals surface area (Å²) in [6.07, 6.45) is 3.78. The summed E-state index contributed by atoms with van der Waals surface area (Å²) in [7, 11) is 1.69. The lowest BCUT2D eigenvalue weighted by Gasteiger charge is -2.11. The normalized spacial score (nSPS) is 14.1. The summed E-state index contributed by atoms with van der Waals surface area (Å²) in [6.45, 7) is 2.72. The molecule has 2 aromatic carbocycles. The first-order chi connectivity index (χ1) is 13.6. The Balaban J connectivity index is 1.73. The van der Waals surface area contributed by atoms with E-state index < -0.39 is 5.91 Å². The maximum absolute atomic E-state index is 11.2. The summed E-state index contributed by atoms with van der Waals surface area (Å²) in [5.41, 5.74) is 11.7. The lowest BCUT2D eigenvalue weighted by atomic mass is 10.1. The third-order valence-corrected chi connectivity index (χ3v) is 6.04. The number of carbonyl (C=O) groups is 1. The lowest BCUT2D eigenvalue weighted by Crippen LogP contribution is -2.17. The SMILES string of the molecule is CCc1cc(C/N=C(\ONC)c2ccc(C(N)=O)cc2)ccc1SCC1CC1. The first-order valence-corrected chi connectivity index (χ1v) is 10.6. The molecule has 1 amide bonds. The van der Waals surface area contributed by atoms with Crippen LogP contribution in [0, 0.1) is 5.92 Å². The molecule has 28 heavy (non-hydrogen) atoms. The van der Waals surface area contributed by atoms with Gasteiger partial charge in [0.2, 0.25) is 11.8 Å². The molecule has 0 unspecified atom stereocenters. The quantitative estimate of drug-likeness (QED) is 0.291. The van der Waals surface area contributed by atoms with Crippen molar-refractivity contribution in [3.05, 3.63) is 64.7 Å². The standard InChI is InChI=1S/C22H27N3O2S/c1-3-17-12-16(6-11-20(17)28-14-15-4-5-15)13-25-22(27-24-2)19-9-7-18(8-10-19)21(23)26/h6-12,15,24H,3-5,13-14H2,1-2H3,(H2,23,26)/b25-22-. The van der Waals surface area contributed by atoms with E-state index in [-0.39, 0.29) is 0 Å². The van der Waals surface area contributed by atoms with Gasteiger partial charge < -0.3 is 10.6 Å². The number of rotatable bonds is 9. The fourth-order valence-corrected chi connectivity index (χ4v) is 4.16. The van der Waals surface area contributed by atoms with Crippen molar-refractivity contribution in [1.29, 1.82) is 0 Å². The van der Waals surface area contributed by atoms with Crippen LogP contribution in [-0.2, 0) is 17.8 Å². The largest absolute Gasteiger partial charge is 0.388 e. The molecule has 3 N–H and O–H groups in total. The molecule has 6 heteroatoms. The van der Waals surface area contributed by atoms with Gasteiger partial charge in [-0.15, -0.1) is 11.8 Å². The molecule has 0 aliphatic heterocycles. The van der Waals surface area contributed by atoms with Crippen molar-refractivity contribution in [3.63, 3.8) is 0 Å². The number of primary amides is 1. The van der Waals surface area contributed by atoms with E-state index in [1.54, 1.807) is 31.3 Å². The fraction of sp³-hybridized carbons (Fsp3) is 0.364. The maximum Gasteiger partial charge on any atom is 0.248 e. The van der Waals surface area contributed by atoms with Crippen LogP contribution in [0.5, 0.6) is 0 Å². The van der Waals surface area contributed by atoms with E-state index in [9.17, 15) is 4.79 Å². The average Bonchev–Trinajstić information content (AvgIpc) is 3.54. The van der Waals surface area contributed by atoms with E-state index in [1.165, 1.54) is 29.1 Å². The Hall–Kier alpha value is -2.31. The van der Waals surface area contributed by atoms with Gasteiger partial charge in [-0.1, -0.05) is 19.1 Å². The molecule has 0 aromatic heterocycles. The Morgan fingerprint density at radius 1 is 1.21 bits per heavy atom. The van der Waals surface area contributed by atoms with Crippen LogP contribution in [-0.4, -0.2) is 24.6 Å². The van der Waals surface area contributed by atoms with Crippen molar-refractivity contribution < 1.29 is 9.63 Å². The number of nitrogens with one attached hydrogen (secondary N) is 1. The highest BCUT2D eigenvalue weighted by atomic mass is 32.2. The highest BCUT2D eigenvalue weighted by Crippen LogP contribution is 2.36. The molecule has 1 saturated carbocycles. The van der Waals surface area contributed by atoms with E-state index in [2.05, 4.69) is 35.6 Å². The van der Waals surface area contributed by atoms with Gasteiger partial charge in [-0.05, 0) is 66.6 Å². The van der Waals surface area contributed by atoms with Gasteiger partial charge in [-0.3, -0.25) is 4.79 Å². The van der Waals surface area contributed by atoms with Crippen LogP contribution in [0.25, 0.3) is 0 Å². The van der Waals surface area contributed by atoms with Crippen LogP contribution in [0.3, 0.4) is 0 Å². The third-order valence-electron chi connectivity index (χ3n) is 4.70. The van der Waals surface area contributed by atoms with Gasteiger partial charge >= 0.3 is 0 Å². The van der Waals surface area contributed by atoms with E-state index in [1.807, 2.05) is 11.8 Å². The molecule has 0 spiro atoms. The number of nitrogens with two attached hydrogens (primary N) is 1. The number of hydrogen-bond acceptors (Lipinski definition) is 5. The second kappa shape index (κ2) is 9.75. The summed E-state index contributed by atoms with van der Waals surface area (Å²) in [4.78, 5) is 22.7. The molecule has 0 atom stereocenters. The van der Waals surface area contributed by atoms with Crippen molar-refractivity contribution in [3.8, 4) is 0 Å². The van der Waals surface area contributed by atoms with E-state index in [0.29, 0.717) is 18.0 Å². The van der Waals surface area contributed by atoms with Gasteiger partial charge in [0, 0.05) is 28.8 Å². The van der Waals surface area contributed by atoms with Crippen LogP contribution in [0.15, 0.2) is 52.4 Å². The van der Waals surface area contributed by atoms with Gasteiger partial charge in [0.25, 0.3) is 0 Å². The Morgan fingerprint density at radius 3 is 2.54 bits per heavy atom. The molecule has 5 nitrogen and oxygen atoms in total. The molecular weight excluding hydrogens is 370 g/mol. The summed E-state index contributed by atoms with van der Waals surface area (Å²) in [5, 5.41) is 0. The molecule has 0 heterocycles. The third kappa shape index (κ3) is 5.59. The van der Waals surface area contributed by atoms with Crippen LogP contribution < -0.4 is 11.2 Å². The minimum Gasteiger partial charge on any atom is -0.388 e. The molecule has 0 bridgehead atoms. The van der Waals surface area contributed by atoms with Crippen LogP contribution in [0.1, 0.15) is 46.8 Å². The minimum absolute atomic E-state index is 0.452. The molecule has 1 aliphatic carbocycles. The Morgan fingerprint density at radius 2 is 1.93 bits per heavy atom. The molecule has 0 radical (unpaired) electrons. The molecule has 148 valence electrons. The van der Waals surface area contributed by atoms with Crippen molar-refractivity contribution in [1.82, 2.24) is 5.48 Å². The Labute approximate surface area is 170 Å². The minimum atomic E-state index is -0.452. The average molecular weight is 398 g/mol. The van der Waals surface area contributed by atoms with Crippen molar-refractivity contribution in [2.75, 3.05) is 12.8 Å². The summed E-state index contributed by atoms with van der Waals surface area (Å²) in [6, 6.07) is 13.5.